The number of fused-ring (bicyclic) bond motifs is 1. The van der Waals surface area contributed by atoms with Gasteiger partial charge in [-0.2, -0.15) is 0 Å². The molecule has 1 saturated heterocycles. The maximum Gasteiger partial charge on any atom is 0.225 e. The average Bonchev–Trinajstić information content (AvgIpc) is 3.27. The Labute approximate surface area is 181 Å². The Balaban J connectivity index is 1.19. The van der Waals surface area contributed by atoms with E-state index in [1.54, 1.807) is 24.8 Å². The highest BCUT2D eigenvalue weighted by Crippen LogP contribution is 2.37. The van der Waals surface area contributed by atoms with Crippen LogP contribution in [-0.2, 0) is 11.2 Å². The molecule has 1 N–H and O–H groups in total. The molecule has 7 nitrogen and oxygen atoms in total. The van der Waals surface area contributed by atoms with E-state index >= 15 is 0 Å². The Kier molecular flexibility index (Phi) is 5.48. The second-order valence-corrected chi connectivity index (χ2v) is 8.05. The lowest BCUT2D eigenvalue weighted by Crippen LogP contribution is -2.45. The summed E-state index contributed by atoms with van der Waals surface area (Å²) in [6.07, 6.45) is 9.46. The number of carbonyl (C=O) groups excluding carboxylic acids is 1. The van der Waals surface area contributed by atoms with Crippen molar-refractivity contribution < 1.29 is 9.53 Å². The third-order valence-electron chi connectivity index (χ3n) is 5.94. The molecule has 0 aliphatic carbocycles. The summed E-state index contributed by atoms with van der Waals surface area (Å²) in [6, 6.07) is 12.0. The van der Waals surface area contributed by atoms with Crippen molar-refractivity contribution in [1.29, 1.82) is 0 Å². The summed E-state index contributed by atoms with van der Waals surface area (Å²) in [5.74, 6) is 1.84. The number of benzene rings is 1. The second-order valence-electron chi connectivity index (χ2n) is 8.05. The van der Waals surface area contributed by atoms with E-state index in [1.807, 2.05) is 30.3 Å². The number of para-hydroxylation sites is 1. The van der Waals surface area contributed by atoms with Gasteiger partial charge in [-0.05, 0) is 36.6 Å². The number of hydrogen-bond acceptors (Lipinski definition) is 6. The van der Waals surface area contributed by atoms with Gasteiger partial charge in [-0.1, -0.05) is 18.2 Å². The van der Waals surface area contributed by atoms with Gasteiger partial charge in [0, 0.05) is 43.7 Å². The number of aromatic nitrogens is 3. The van der Waals surface area contributed by atoms with Gasteiger partial charge in [-0.3, -0.25) is 14.8 Å². The van der Waals surface area contributed by atoms with Crippen LogP contribution in [-0.4, -0.2) is 46.6 Å². The molecule has 3 aromatic rings. The van der Waals surface area contributed by atoms with Crippen molar-refractivity contribution in [2.24, 2.45) is 5.92 Å². The number of nitrogens with one attached hydrogen (secondary N) is 1. The molecule has 2 aliphatic heterocycles. The molecular formula is C24H25N5O2. The van der Waals surface area contributed by atoms with E-state index < -0.39 is 0 Å². The van der Waals surface area contributed by atoms with Crippen LogP contribution in [0.5, 0.6) is 5.75 Å². The highest BCUT2D eigenvalue weighted by atomic mass is 16.5. The number of carbonyl (C=O) groups is 1. The quantitative estimate of drug-likeness (QED) is 0.690. The predicted octanol–water partition coefficient (Wildman–Crippen LogP) is 2.87. The summed E-state index contributed by atoms with van der Waals surface area (Å²) in [4.78, 5) is 28.0. The van der Waals surface area contributed by atoms with Crippen molar-refractivity contribution in [2.75, 3.05) is 24.5 Å². The van der Waals surface area contributed by atoms with Crippen molar-refractivity contribution >= 4 is 11.7 Å². The highest BCUT2D eigenvalue weighted by Gasteiger charge is 2.29. The van der Waals surface area contributed by atoms with Crippen LogP contribution in [0.15, 0.2) is 61.2 Å². The van der Waals surface area contributed by atoms with E-state index in [-0.39, 0.29) is 17.9 Å². The fourth-order valence-electron chi connectivity index (χ4n) is 4.39. The minimum absolute atomic E-state index is 0.0327. The summed E-state index contributed by atoms with van der Waals surface area (Å²) in [6.45, 7) is 2.13. The molecule has 2 atom stereocenters. The largest absolute Gasteiger partial charge is 0.487 e. The number of hydrogen-bond donors (Lipinski definition) is 1. The predicted molar refractivity (Wildman–Crippen MR) is 118 cm³/mol. The fourth-order valence-corrected chi connectivity index (χ4v) is 4.39. The van der Waals surface area contributed by atoms with Gasteiger partial charge in [0.1, 0.15) is 17.7 Å². The summed E-state index contributed by atoms with van der Waals surface area (Å²) >= 11 is 0. The summed E-state index contributed by atoms with van der Waals surface area (Å²) in [7, 11) is 0. The van der Waals surface area contributed by atoms with Crippen molar-refractivity contribution in [3.63, 3.8) is 0 Å². The molecule has 31 heavy (non-hydrogen) atoms. The standard InChI is InChI=1S/C24H25N5O2/c30-24(18-6-4-12-29(16-18)22-8-1-2-9-27-22)28-14-19-13-17-5-3-7-20(23(17)31-19)21-15-25-10-11-26-21/h1-3,5,7-11,15,18-19H,4,6,12-14,16H2,(H,28,30)/t18-,19+/m1/s1. The highest BCUT2D eigenvalue weighted by molar-refractivity contribution is 5.79. The molecule has 0 spiro atoms. The number of nitrogens with zero attached hydrogens (tertiary/aromatic N) is 4. The maximum atomic E-state index is 12.9. The molecule has 0 bridgehead atoms. The first kappa shape index (κ1) is 19.5. The van der Waals surface area contributed by atoms with E-state index in [1.165, 1.54) is 0 Å². The molecule has 1 amide bonds. The molecule has 0 radical (unpaired) electrons. The summed E-state index contributed by atoms with van der Waals surface area (Å²) in [5, 5.41) is 3.12. The lowest BCUT2D eigenvalue weighted by atomic mass is 9.97. The number of rotatable bonds is 5. The lowest BCUT2D eigenvalue weighted by Gasteiger charge is -2.33. The molecule has 7 heteroatoms. The van der Waals surface area contributed by atoms with E-state index in [9.17, 15) is 4.79 Å². The molecule has 0 unspecified atom stereocenters. The maximum absolute atomic E-state index is 12.9. The van der Waals surface area contributed by atoms with Gasteiger partial charge in [0.2, 0.25) is 5.91 Å². The molecule has 158 valence electrons. The first-order chi connectivity index (χ1) is 15.3. The van der Waals surface area contributed by atoms with Gasteiger partial charge < -0.3 is 15.0 Å². The SMILES string of the molecule is O=C(NC[C@@H]1Cc2cccc(-c3cnccn3)c2O1)[C@@H]1CCCN(c2ccccn2)C1. The monoisotopic (exact) mass is 415 g/mol. The van der Waals surface area contributed by atoms with Crippen LogP contribution in [0, 0.1) is 5.92 Å². The summed E-state index contributed by atoms with van der Waals surface area (Å²) < 4.78 is 6.22. The van der Waals surface area contributed by atoms with Crippen molar-refractivity contribution in [1.82, 2.24) is 20.3 Å². The number of anilines is 1. The van der Waals surface area contributed by atoms with E-state index in [0.29, 0.717) is 13.1 Å². The number of pyridine rings is 1. The van der Waals surface area contributed by atoms with Crippen LogP contribution in [0.3, 0.4) is 0 Å². The fraction of sp³-hybridized carbons (Fsp3) is 0.333. The van der Waals surface area contributed by atoms with Crippen LogP contribution >= 0.6 is 0 Å². The summed E-state index contributed by atoms with van der Waals surface area (Å²) in [5.41, 5.74) is 2.87. The molecule has 4 heterocycles. The van der Waals surface area contributed by atoms with Gasteiger partial charge in [-0.15, -0.1) is 0 Å². The topological polar surface area (TPSA) is 80.2 Å². The third-order valence-corrected chi connectivity index (χ3v) is 5.94. The van der Waals surface area contributed by atoms with Gasteiger partial charge >= 0.3 is 0 Å². The molecule has 1 aromatic carbocycles. The van der Waals surface area contributed by atoms with Gasteiger partial charge in [0.15, 0.2) is 0 Å². The van der Waals surface area contributed by atoms with Gasteiger partial charge in [0.05, 0.1) is 24.4 Å². The van der Waals surface area contributed by atoms with Gasteiger partial charge in [0.25, 0.3) is 0 Å². The molecule has 1 fully saturated rings. The van der Waals surface area contributed by atoms with Crippen LogP contribution in [0.4, 0.5) is 5.82 Å². The van der Waals surface area contributed by atoms with Crippen LogP contribution in [0.1, 0.15) is 18.4 Å². The first-order valence-electron chi connectivity index (χ1n) is 10.8. The average molecular weight is 415 g/mol. The molecule has 2 aromatic heterocycles. The normalized spacial score (nSPS) is 20.1. The van der Waals surface area contributed by atoms with Crippen molar-refractivity contribution in [3.05, 3.63) is 66.7 Å². The molecule has 0 saturated carbocycles. The second kappa shape index (κ2) is 8.71. The molecule has 5 rings (SSSR count). The number of piperidine rings is 1. The third kappa shape index (κ3) is 4.21. The zero-order valence-corrected chi connectivity index (χ0v) is 17.3. The Morgan fingerprint density at radius 2 is 2.10 bits per heavy atom. The molecule has 2 aliphatic rings. The zero-order chi connectivity index (χ0) is 21.0. The lowest BCUT2D eigenvalue weighted by molar-refractivity contribution is -0.125. The number of ether oxygens (including phenoxy) is 1. The Morgan fingerprint density at radius 3 is 2.94 bits per heavy atom. The Bertz CT molecular complexity index is 1040. The Hall–Kier alpha value is -3.48. The zero-order valence-electron chi connectivity index (χ0n) is 17.3. The van der Waals surface area contributed by atoms with E-state index in [2.05, 4.69) is 31.2 Å². The molecular weight excluding hydrogens is 390 g/mol. The Morgan fingerprint density at radius 1 is 1.13 bits per heavy atom. The van der Waals surface area contributed by atoms with E-state index in [4.69, 9.17) is 4.74 Å². The van der Waals surface area contributed by atoms with Crippen LogP contribution in [0.2, 0.25) is 0 Å². The number of amides is 1. The smallest absolute Gasteiger partial charge is 0.225 e. The van der Waals surface area contributed by atoms with Gasteiger partial charge in [-0.25, -0.2) is 4.98 Å². The van der Waals surface area contributed by atoms with Crippen LogP contribution < -0.4 is 15.0 Å². The first-order valence-corrected chi connectivity index (χ1v) is 10.8. The van der Waals surface area contributed by atoms with E-state index in [0.717, 1.165) is 54.2 Å². The van der Waals surface area contributed by atoms with Crippen molar-refractivity contribution in [3.8, 4) is 17.0 Å². The van der Waals surface area contributed by atoms with Crippen LogP contribution in [0.25, 0.3) is 11.3 Å². The minimum atomic E-state index is -0.0766. The minimum Gasteiger partial charge on any atom is -0.487 e. The van der Waals surface area contributed by atoms with Crippen molar-refractivity contribution in [2.45, 2.75) is 25.4 Å².